The van der Waals surface area contributed by atoms with Gasteiger partial charge in [-0.05, 0) is 68.2 Å². The van der Waals surface area contributed by atoms with Crippen LogP contribution in [0.15, 0.2) is 72.8 Å². The summed E-state index contributed by atoms with van der Waals surface area (Å²) in [7, 11) is 0.442. The summed E-state index contributed by atoms with van der Waals surface area (Å²) in [5.74, 6) is 0. The molecule has 0 atom stereocenters. The number of nitrogens with zero attached hydrogens (tertiary/aromatic N) is 1. The maximum absolute atomic E-state index is 10.5. The van der Waals surface area contributed by atoms with Gasteiger partial charge in [-0.3, -0.25) is 0 Å². The third-order valence-electron chi connectivity index (χ3n) is 7.17. The Hall–Kier alpha value is -2.77. The molecule has 0 aliphatic carbocycles. The van der Waals surface area contributed by atoms with Crippen LogP contribution in [-0.4, -0.2) is 28.8 Å². The first kappa shape index (κ1) is 22.7. The molecule has 0 spiro atoms. The minimum absolute atomic E-state index is 0.442. The van der Waals surface area contributed by atoms with Crippen molar-refractivity contribution < 1.29 is 9.76 Å². The maximum atomic E-state index is 10.5. The summed E-state index contributed by atoms with van der Waals surface area (Å²) in [6.07, 6.45) is 0. The molecule has 0 unspecified atom stereocenters. The van der Waals surface area contributed by atoms with Crippen LogP contribution in [0.2, 0.25) is 0 Å². The van der Waals surface area contributed by atoms with E-state index in [1.165, 1.54) is 35.6 Å². The Morgan fingerprint density at radius 2 is 1.66 bits per heavy atom. The summed E-state index contributed by atoms with van der Waals surface area (Å²) < 4.78 is 9.98. The molecule has 3 nitrogen and oxygen atoms in total. The van der Waals surface area contributed by atoms with Crippen molar-refractivity contribution in [1.29, 1.82) is 0 Å². The molecular formula is C29H26BNO2S2. The van der Waals surface area contributed by atoms with Gasteiger partial charge in [-0.1, -0.05) is 48.5 Å². The predicted octanol–water partition coefficient (Wildman–Crippen LogP) is 7.03. The van der Waals surface area contributed by atoms with Gasteiger partial charge < -0.3 is 9.76 Å². The predicted molar refractivity (Wildman–Crippen MR) is 154 cm³/mol. The molecule has 0 radical (unpaired) electrons. The van der Waals surface area contributed by atoms with Crippen molar-refractivity contribution in [3.8, 4) is 10.6 Å². The van der Waals surface area contributed by atoms with Gasteiger partial charge in [0.15, 0.2) is 0 Å². The van der Waals surface area contributed by atoms with E-state index in [0.29, 0.717) is 7.48 Å². The molecule has 35 heavy (non-hydrogen) atoms. The van der Waals surface area contributed by atoms with Gasteiger partial charge in [0.1, 0.15) is 5.01 Å². The van der Waals surface area contributed by atoms with Crippen LogP contribution in [0.5, 0.6) is 0 Å². The van der Waals surface area contributed by atoms with Crippen LogP contribution in [-0.2, 0) is 4.65 Å². The van der Waals surface area contributed by atoms with Crippen LogP contribution in [0.25, 0.3) is 51.7 Å². The summed E-state index contributed by atoms with van der Waals surface area (Å²) in [5.41, 5.74) is 1.70. The highest BCUT2D eigenvalue weighted by Crippen LogP contribution is 2.39. The van der Waals surface area contributed by atoms with Crippen LogP contribution < -0.4 is 5.46 Å². The molecule has 6 aromatic rings. The molecule has 0 bridgehead atoms. The lowest BCUT2D eigenvalue weighted by Gasteiger charge is -2.37. The van der Waals surface area contributed by atoms with E-state index < -0.39 is 11.2 Å². The quantitative estimate of drug-likeness (QED) is 0.261. The van der Waals surface area contributed by atoms with E-state index in [0.717, 1.165) is 21.6 Å². The molecule has 0 fully saturated rings. The zero-order chi connectivity index (χ0) is 24.4. The minimum atomic E-state index is -0.943. The molecule has 0 amide bonds. The van der Waals surface area contributed by atoms with Crippen LogP contribution in [0.3, 0.4) is 0 Å². The van der Waals surface area contributed by atoms with Gasteiger partial charge in [-0.15, -0.1) is 22.7 Å². The number of hydrogen-bond donors (Lipinski definition) is 1. The standard InChI is InChI=1S/C29H26BNO2S2/c1-28(2,32)29(3,4)33-30-21-10-7-11-24-25(21)20-16-18(13-15-23(20)34-24)27-31-22-14-12-17-8-5-6-9-19(17)26(22)35-27/h5-16,30,32H,1-4H3. The number of aliphatic hydroxyl groups is 1. The van der Waals surface area contributed by atoms with Gasteiger partial charge in [-0.25, -0.2) is 4.98 Å². The van der Waals surface area contributed by atoms with Crippen LogP contribution in [0, 0.1) is 0 Å². The Morgan fingerprint density at radius 3 is 2.49 bits per heavy atom. The van der Waals surface area contributed by atoms with E-state index in [1.807, 2.05) is 13.8 Å². The molecule has 0 saturated heterocycles. The average Bonchev–Trinajstić information content (AvgIpc) is 3.43. The van der Waals surface area contributed by atoms with E-state index in [9.17, 15) is 5.11 Å². The molecule has 6 rings (SSSR count). The van der Waals surface area contributed by atoms with Crippen molar-refractivity contribution in [1.82, 2.24) is 4.98 Å². The van der Waals surface area contributed by atoms with Gasteiger partial charge >= 0.3 is 7.48 Å². The Balaban J connectivity index is 1.46. The SMILES string of the molecule is CC(C)(O)C(C)(C)OBc1cccc2sc3ccc(-c4nc5ccc6ccccc6c5s4)cc3c12. The molecule has 174 valence electrons. The summed E-state index contributed by atoms with van der Waals surface area (Å²) in [5, 5.41) is 16.5. The number of hydrogen-bond acceptors (Lipinski definition) is 5. The molecule has 1 N–H and O–H groups in total. The summed E-state index contributed by atoms with van der Waals surface area (Å²) in [4.78, 5) is 4.99. The van der Waals surface area contributed by atoms with Crippen molar-refractivity contribution in [2.45, 2.75) is 38.9 Å². The molecular weight excluding hydrogens is 469 g/mol. The van der Waals surface area contributed by atoms with Gasteiger partial charge in [0.05, 0.1) is 21.4 Å². The van der Waals surface area contributed by atoms with Gasteiger partial charge in [0, 0.05) is 25.7 Å². The van der Waals surface area contributed by atoms with E-state index in [-0.39, 0.29) is 0 Å². The smallest absolute Gasteiger partial charge is 0.310 e. The summed E-state index contributed by atoms with van der Waals surface area (Å²) >= 11 is 3.56. The minimum Gasteiger partial charge on any atom is -0.427 e. The maximum Gasteiger partial charge on any atom is 0.310 e. The average molecular weight is 495 g/mol. The number of rotatable bonds is 5. The Labute approximate surface area is 213 Å². The van der Waals surface area contributed by atoms with E-state index >= 15 is 0 Å². The summed E-state index contributed by atoms with van der Waals surface area (Å²) in [6, 6.07) is 25.8. The highest BCUT2D eigenvalue weighted by molar-refractivity contribution is 7.26. The monoisotopic (exact) mass is 495 g/mol. The van der Waals surface area contributed by atoms with Crippen molar-refractivity contribution in [3.05, 3.63) is 72.8 Å². The first-order chi connectivity index (χ1) is 16.7. The van der Waals surface area contributed by atoms with E-state index in [4.69, 9.17) is 9.64 Å². The number of fused-ring (bicyclic) bond motifs is 6. The molecule has 6 heteroatoms. The zero-order valence-electron chi connectivity index (χ0n) is 20.3. The van der Waals surface area contributed by atoms with Crippen molar-refractivity contribution in [2.75, 3.05) is 0 Å². The highest BCUT2D eigenvalue weighted by atomic mass is 32.1. The fourth-order valence-corrected chi connectivity index (χ4v) is 6.60. The topological polar surface area (TPSA) is 42.4 Å². The Bertz CT molecular complexity index is 1730. The zero-order valence-corrected chi connectivity index (χ0v) is 21.9. The Kier molecular flexibility index (Phi) is 5.27. The normalized spacial score (nSPS) is 12.8. The molecule has 2 heterocycles. The van der Waals surface area contributed by atoms with Gasteiger partial charge in [0.2, 0.25) is 0 Å². The van der Waals surface area contributed by atoms with Crippen LogP contribution >= 0.6 is 22.7 Å². The lowest BCUT2D eigenvalue weighted by atomic mass is 9.80. The van der Waals surface area contributed by atoms with E-state index in [1.54, 1.807) is 36.5 Å². The molecule has 0 aliphatic heterocycles. The second kappa shape index (κ2) is 8.14. The third-order valence-corrected chi connectivity index (χ3v) is 9.46. The van der Waals surface area contributed by atoms with E-state index in [2.05, 4.69) is 72.8 Å². The van der Waals surface area contributed by atoms with Crippen LogP contribution in [0.1, 0.15) is 27.7 Å². The molecule has 2 aromatic heterocycles. The second-order valence-electron chi connectivity index (χ2n) is 10.1. The number of aromatic nitrogens is 1. The highest BCUT2D eigenvalue weighted by Gasteiger charge is 2.35. The lowest BCUT2D eigenvalue weighted by molar-refractivity contribution is -0.0893. The van der Waals surface area contributed by atoms with Gasteiger partial charge in [0.25, 0.3) is 0 Å². The second-order valence-corrected chi connectivity index (χ2v) is 12.2. The fourth-order valence-electron chi connectivity index (χ4n) is 4.37. The number of benzene rings is 4. The third kappa shape index (κ3) is 3.85. The lowest BCUT2D eigenvalue weighted by Crippen LogP contribution is -2.49. The van der Waals surface area contributed by atoms with Crippen LogP contribution in [0.4, 0.5) is 0 Å². The van der Waals surface area contributed by atoms with Gasteiger partial charge in [-0.2, -0.15) is 0 Å². The first-order valence-electron chi connectivity index (χ1n) is 11.8. The number of thiophene rings is 1. The van der Waals surface area contributed by atoms with Crippen molar-refractivity contribution in [3.63, 3.8) is 0 Å². The molecule has 4 aromatic carbocycles. The first-order valence-corrected chi connectivity index (χ1v) is 13.4. The number of thiazole rings is 1. The van der Waals surface area contributed by atoms with Crippen molar-refractivity contribution in [2.24, 2.45) is 0 Å². The molecule has 0 saturated carbocycles. The fraction of sp³-hybridized carbons (Fsp3) is 0.207. The molecule has 0 aliphatic rings. The van der Waals surface area contributed by atoms with Crippen molar-refractivity contribution >= 4 is 76.8 Å². The summed E-state index contributed by atoms with van der Waals surface area (Å²) in [6.45, 7) is 7.46. The largest absolute Gasteiger partial charge is 0.427 e. The Morgan fingerprint density at radius 1 is 0.829 bits per heavy atom.